The third-order valence-corrected chi connectivity index (χ3v) is 13.2. The minimum atomic E-state index is -0.783. The Hall–Kier alpha value is -2.35. The highest BCUT2D eigenvalue weighted by atomic mass is 31.1. The number of aromatic hydroxyl groups is 1. The van der Waals surface area contributed by atoms with Crippen LogP contribution >= 0.6 is 7.68 Å². The Bertz CT molecular complexity index is 1450. The predicted molar refractivity (Wildman–Crippen MR) is 195 cm³/mol. The molecule has 3 aromatic rings. The molecule has 1 aromatic heterocycles. The Kier molecular flexibility index (Phi) is 9.44. The first-order valence-electron chi connectivity index (χ1n) is 17.9. The van der Waals surface area contributed by atoms with Crippen LogP contribution in [0.25, 0.3) is 0 Å². The van der Waals surface area contributed by atoms with Crippen molar-refractivity contribution in [2.24, 2.45) is 23.7 Å². The van der Waals surface area contributed by atoms with Gasteiger partial charge in [0.05, 0.1) is 0 Å². The Morgan fingerprint density at radius 1 is 0.733 bits per heavy atom. The van der Waals surface area contributed by atoms with Crippen LogP contribution in [-0.2, 0) is 10.8 Å². The molecular formula is C41H58N2OP+. The quantitative estimate of drug-likeness (QED) is 0.182. The van der Waals surface area contributed by atoms with Crippen molar-refractivity contribution in [3.63, 3.8) is 0 Å². The van der Waals surface area contributed by atoms with Crippen LogP contribution in [0.3, 0.4) is 0 Å². The normalized spacial score (nSPS) is 18.4. The van der Waals surface area contributed by atoms with E-state index in [1.807, 2.05) is 0 Å². The molecule has 2 atom stereocenters. The Balaban J connectivity index is 1.19. The molecule has 0 spiro atoms. The first-order chi connectivity index (χ1) is 21.4. The third kappa shape index (κ3) is 7.63. The number of nitrogens with zero attached hydrogens (tertiary/aromatic N) is 2. The van der Waals surface area contributed by atoms with Gasteiger partial charge in [-0.05, 0) is 109 Å². The van der Waals surface area contributed by atoms with Gasteiger partial charge in [-0.2, -0.15) is 0 Å². The van der Waals surface area contributed by atoms with Crippen LogP contribution in [0.2, 0.25) is 0 Å². The summed E-state index contributed by atoms with van der Waals surface area (Å²) in [6.07, 6.45) is 9.49. The zero-order chi connectivity index (χ0) is 31.9. The van der Waals surface area contributed by atoms with Gasteiger partial charge in [-0.3, -0.25) is 0 Å². The first-order valence-corrected chi connectivity index (χ1v) is 19.3. The van der Waals surface area contributed by atoms with Crippen LogP contribution in [0.15, 0.2) is 60.4 Å². The minimum absolute atomic E-state index is 0.0870. The van der Waals surface area contributed by atoms with Crippen molar-refractivity contribution in [3.8, 4) is 5.48 Å². The van der Waals surface area contributed by atoms with Crippen LogP contribution < -0.4 is 9.57 Å². The zero-order valence-corrected chi connectivity index (χ0v) is 30.0. The predicted octanol–water partition coefficient (Wildman–Crippen LogP) is 10.6. The van der Waals surface area contributed by atoms with Gasteiger partial charge in [0, 0.05) is 48.8 Å². The van der Waals surface area contributed by atoms with Gasteiger partial charge in [0.25, 0.3) is 7.68 Å². The molecule has 0 bridgehead atoms. The van der Waals surface area contributed by atoms with E-state index in [1.165, 1.54) is 91.5 Å². The van der Waals surface area contributed by atoms with Crippen molar-refractivity contribution in [2.75, 3.05) is 35.7 Å². The maximum Gasteiger partial charge on any atom is 0.316 e. The van der Waals surface area contributed by atoms with Crippen molar-refractivity contribution in [2.45, 2.75) is 104 Å². The standard InChI is InChI=1S/C41H57N2OP/c1-8-29(2)25-43(28-33-13-14-33)45-22-21-37(24-39(45)44)41(6,7)35-17-15-34(16-18-35)40(4,5)36-19-20-38(30(3)23-36)42(26-31-9-10-31)27-32-11-12-32/h15-24,29,31-33H,8-14,25-28H2,1-7H3/p+1. The van der Waals surface area contributed by atoms with Crippen molar-refractivity contribution in [1.82, 2.24) is 0 Å². The highest BCUT2D eigenvalue weighted by molar-refractivity contribution is 7.52. The van der Waals surface area contributed by atoms with Crippen molar-refractivity contribution >= 4 is 13.4 Å². The lowest BCUT2D eigenvalue weighted by Crippen LogP contribution is -2.29. The molecule has 3 nitrogen and oxygen atoms in total. The molecular weight excluding hydrogens is 567 g/mol. The second-order valence-corrected chi connectivity index (χ2v) is 18.1. The van der Waals surface area contributed by atoms with E-state index < -0.39 is 7.68 Å². The third-order valence-electron chi connectivity index (χ3n) is 11.3. The van der Waals surface area contributed by atoms with Gasteiger partial charge < -0.3 is 10.0 Å². The van der Waals surface area contributed by atoms with Gasteiger partial charge in [-0.25, -0.2) is 0 Å². The van der Waals surface area contributed by atoms with E-state index in [0.717, 1.165) is 30.8 Å². The SMILES string of the molecule is CCC(C)CN(CC1CC1)[p+]1ccc(C(C)(C)c2ccc(C(C)(C)c3ccc(N(CC4CC4)CC4CC4)c(C)c3)cc2)cc1O. The monoisotopic (exact) mass is 625 g/mol. The fraction of sp³-hybridized carbons (Fsp3) is 0.585. The summed E-state index contributed by atoms with van der Waals surface area (Å²) in [6, 6.07) is 20.9. The van der Waals surface area contributed by atoms with E-state index in [0.29, 0.717) is 11.4 Å². The minimum Gasteiger partial charge on any atom is -0.475 e. The molecule has 45 heavy (non-hydrogen) atoms. The molecule has 3 aliphatic carbocycles. The Labute approximate surface area is 275 Å². The summed E-state index contributed by atoms with van der Waals surface area (Å²) in [6.45, 7) is 20.9. The lowest BCUT2D eigenvalue weighted by atomic mass is 9.74. The number of aryl methyl sites for hydroxylation is 1. The van der Waals surface area contributed by atoms with E-state index in [-0.39, 0.29) is 10.8 Å². The van der Waals surface area contributed by atoms with E-state index in [2.05, 4.69) is 118 Å². The van der Waals surface area contributed by atoms with Crippen LogP contribution in [0.4, 0.5) is 5.69 Å². The van der Waals surface area contributed by atoms with Crippen molar-refractivity contribution in [1.29, 1.82) is 0 Å². The number of anilines is 1. The molecule has 0 amide bonds. The highest BCUT2D eigenvalue weighted by Gasteiger charge is 2.35. The van der Waals surface area contributed by atoms with Gasteiger partial charge in [0.1, 0.15) is 5.80 Å². The summed E-state index contributed by atoms with van der Waals surface area (Å²) in [4.78, 5) is 2.70. The van der Waals surface area contributed by atoms with Crippen LogP contribution in [0.1, 0.15) is 114 Å². The fourth-order valence-corrected chi connectivity index (χ4v) is 9.04. The molecule has 2 aromatic carbocycles. The number of rotatable bonds is 15. The second kappa shape index (κ2) is 13.0. The summed E-state index contributed by atoms with van der Waals surface area (Å²) >= 11 is 0. The highest BCUT2D eigenvalue weighted by Crippen LogP contribution is 2.47. The van der Waals surface area contributed by atoms with Crippen LogP contribution in [0, 0.1) is 30.6 Å². The Morgan fingerprint density at radius 3 is 1.69 bits per heavy atom. The number of hydrogen-bond donors (Lipinski definition) is 1. The molecule has 3 saturated carbocycles. The Morgan fingerprint density at radius 2 is 1.22 bits per heavy atom. The summed E-state index contributed by atoms with van der Waals surface area (Å²) in [5.41, 5.74) is 8.33. The van der Waals surface area contributed by atoms with E-state index >= 15 is 0 Å². The van der Waals surface area contributed by atoms with Gasteiger partial charge in [-0.1, -0.05) is 84.4 Å². The molecule has 4 heteroatoms. The average Bonchev–Trinajstić information content (AvgIpc) is 3.86. The maximum atomic E-state index is 11.4. The summed E-state index contributed by atoms with van der Waals surface area (Å²) < 4.78 is 2.58. The molecule has 242 valence electrons. The molecule has 1 N–H and O–H groups in total. The van der Waals surface area contributed by atoms with E-state index in [1.54, 1.807) is 0 Å². The van der Waals surface area contributed by atoms with Crippen molar-refractivity contribution in [3.05, 3.63) is 88.2 Å². The smallest absolute Gasteiger partial charge is 0.316 e. The van der Waals surface area contributed by atoms with E-state index in [9.17, 15) is 5.11 Å². The molecule has 1 heterocycles. The fourth-order valence-electron chi connectivity index (χ4n) is 6.98. The molecule has 0 saturated heterocycles. The molecule has 3 fully saturated rings. The second-order valence-electron chi connectivity index (χ2n) is 16.1. The van der Waals surface area contributed by atoms with Gasteiger partial charge in [0.15, 0.2) is 0 Å². The van der Waals surface area contributed by atoms with Crippen molar-refractivity contribution < 1.29 is 5.11 Å². The van der Waals surface area contributed by atoms with Gasteiger partial charge >= 0.3 is 5.48 Å². The van der Waals surface area contributed by atoms with Crippen LogP contribution in [0.5, 0.6) is 5.48 Å². The molecule has 3 aliphatic rings. The summed E-state index contributed by atoms with van der Waals surface area (Å²) in [7, 11) is -0.783. The number of hydrogen-bond acceptors (Lipinski definition) is 3. The average molecular weight is 626 g/mol. The zero-order valence-electron chi connectivity index (χ0n) is 29.1. The van der Waals surface area contributed by atoms with E-state index in [4.69, 9.17) is 0 Å². The molecule has 0 aliphatic heterocycles. The first kappa shape index (κ1) is 32.6. The molecule has 2 unspecified atom stereocenters. The number of benzene rings is 2. The largest absolute Gasteiger partial charge is 0.475 e. The molecule has 0 radical (unpaired) electrons. The summed E-state index contributed by atoms with van der Waals surface area (Å²) in [5.74, 6) is 5.59. The topological polar surface area (TPSA) is 26.7 Å². The lowest BCUT2D eigenvalue weighted by Gasteiger charge is -2.31. The lowest BCUT2D eigenvalue weighted by molar-refractivity contribution is 0.484. The van der Waals surface area contributed by atoms with Gasteiger partial charge in [0.2, 0.25) is 0 Å². The maximum absolute atomic E-state index is 11.4. The summed E-state index contributed by atoms with van der Waals surface area (Å²) in [5, 5.41) is 11.4. The van der Waals surface area contributed by atoms with Crippen LogP contribution in [-0.4, -0.2) is 31.3 Å². The molecule has 6 rings (SSSR count). The van der Waals surface area contributed by atoms with Gasteiger partial charge in [-0.15, -0.1) is 4.67 Å².